The van der Waals surface area contributed by atoms with Crippen molar-refractivity contribution in [2.45, 2.75) is 38.9 Å². The SMILES string of the molecule is CC(C)(N)CC(=O)N(Cc1ccco1)Cc1ccco1. The second kappa shape index (κ2) is 5.96. The topological polar surface area (TPSA) is 72.6 Å². The van der Waals surface area contributed by atoms with E-state index in [0.29, 0.717) is 13.1 Å². The van der Waals surface area contributed by atoms with E-state index in [-0.39, 0.29) is 12.3 Å². The zero-order valence-corrected chi connectivity index (χ0v) is 11.8. The zero-order valence-electron chi connectivity index (χ0n) is 11.8. The first-order chi connectivity index (χ1) is 9.44. The quantitative estimate of drug-likeness (QED) is 0.880. The van der Waals surface area contributed by atoms with Crippen molar-refractivity contribution in [1.82, 2.24) is 4.90 Å². The number of hydrogen-bond acceptors (Lipinski definition) is 4. The van der Waals surface area contributed by atoms with E-state index in [4.69, 9.17) is 14.6 Å². The minimum atomic E-state index is -0.540. The van der Waals surface area contributed by atoms with Gasteiger partial charge in [0.25, 0.3) is 0 Å². The van der Waals surface area contributed by atoms with Crippen LogP contribution in [-0.4, -0.2) is 16.3 Å². The van der Waals surface area contributed by atoms with Crippen LogP contribution in [0.5, 0.6) is 0 Å². The predicted molar refractivity (Wildman–Crippen MR) is 74.6 cm³/mol. The molecule has 0 aromatic carbocycles. The third kappa shape index (κ3) is 4.28. The summed E-state index contributed by atoms with van der Waals surface area (Å²) in [5.74, 6) is 1.45. The molecule has 2 heterocycles. The summed E-state index contributed by atoms with van der Waals surface area (Å²) in [7, 11) is 0. The van der Waals surface area contributed by atoms with Crippen molar-refractivity contribution in [3.05, 3.63) is 48.3 Å². The first-order valence-corrected chi connectivity index (χ1v) is 6.55. The van der Waals surface area contributed by atoms with Gasteiger partial charge in [-0.3, -0.25) is 4.79 Å². The fourth-order valence-electron chi connectivity index (χ4n) is 1.92. The number of amides is 1. The second-order valence-corrected chi connectivity index (χ2v) is 5.57. The molecule has 0 aliphatic carbocycles. The van der Waals surface area contributed by atoms with Gasteiger partial charge in [-0.1, -0.05) is 0 Å². The van der Waals surface area contributed by atoms with Gasteiger partial charge in [0.15, 0.2) is 0 Å². The number of carbonyl (C=O) groups excluding carboxylic acids is 1. The minimum Gasteiger partial charge on any atom is -0.467 e. The normalized spacial score (nSPS) is 11.6. The van der Waals surface area contributed by atoms with Gasteiger partial charge in [0, 0.05) is 12.0 Å². The number of carbonyl (C=O) groups is 1. The highest BCUT2D eigenvalue weighted by Gasteiger charge is 2.23. The highest BCUT2D eigenvalue weighted by atomic mass is 16.3. The summed E-state index contributed by atoms with van der Waals surface area (Å²) in [5, 5.41) is 0. The van der Waals surface area contributed by atoms with Crippen molar-refractivity contribution in [3.63, 3.8) is 0 Å². The van der Waals surface area contributed by atoms with Crippen molar-refractivity contribution in [3.8, 4) is 0 Å². The molecule has 0 unspecified atom stereocenters. The molecule has 0 bridgehead atoms. The Hall–Kier alpha value is -2.01. The Morgan fingerprint density at radius 1 is 1.15 bits per heavy atom. The molecule has 2 N–H and O–H groups in total. The van der Waals surface area contributed by atoms with Gasteiger partial charge in [0.05, 0.1) is 25.6 Å². The lowest BCUT2D eigenvalue weighted by molar-refractivity contribution is -0.134. The summed E-state index contributed by atoms with van der Waals surface area (Å²) >= 11 is 0. The largest absolute Gasteiger partial charge is 0.467 e. The smallest absolute Gasteiger partial charge is 0.225 e. The molecular weight excluding hydrogens is 256 g/mol. The molecule has 0 saturated carbocycles. The van der Waals surface area contributed by atoms with Crippen LogP contribution in [0.25, 0.3) is 0 Å². The Bertz CT molecular complexity index is 488. The Kier molecular flexibility index (Phi) is 4.29. The predicted octanol–water partition coefficient (Wildman–Crippen LogP) is 2.53. The van der Waals surface area contributed by atoms with Gasteiger partial charge in [-0.05, 0) is 38.1 Å². The molecule has 0 fully saturated rings. The molecule has 2 aromatic heterocycles. The summed E-state index contributed by atoms with van der Waals surface area (Å²) < 4.78 is 10.6. The molecule has 0 aliphatic heterocycles. The van der Waals surface area contributed by atoms with E-state index in [1.807, 2.05) is 26.0 Å². The minimum absolute atomic E-state index is 0.0229. The fraction of sp³-hybridized carbons (Fsp3) is 0.400. The summed E-state index contributed by atoms with van der Waals surface area (Å²) in [6.07, 6.45) is 3.46. The molecule has 0 spiro atoms. The van der Waals surface area contributed by atoms with E-state index in [1.54, 1.807) is 29.6 Å². The third-order valence-electron chi connectivity index (χ3n) is 2.81. The van der Waals surface area contributed by atoms with Crippen LogP contribution in [-0.2, 0) is 17.9 Å². The zero-order chi connectivity index (χ0) is 14.6. The van der Waals surface area contributed by atoms with Crippen LogP contribution in [0, 0.1) is 0 Å². The Labute approximate surface area is 118 Å². The molecule has 0 radical (unpaired) electrons. The summed E-state index contributed by atoms with van der Waals surface area (Å²) in [6, 6.07) is 7.29. The van der Waals surface area contributed by atoms with Crippen molar-refractivity contribution in [2.75, 3.05) is 0 Å². The second-order valence-electron chi connectivity index (χ2n) is 5.57. The first-order valence-electron chi connectivity index (χ1n) is 6.55. The van der Waals surface area contributed by atoms with Crippen molar-refractivity contribution in [2.24, 2.45) is 5.73 Å². The van der Waals surface area contributed by atoms with Gasteiger partial charge in [-0.25, -0.2) is 0 Å². The van der Waals surface area contributed by atoms with Gasteiger partial charge >= 0.3 is 0 Å². The lowest BCUT2D eigenvalue weighted by Crippen LogP contribution is -2.40. The number of nitrogens with zero attached hydrogens (tertiary/aromatic N) is 1. The number of rotatable bonds is 6. The van der Waals surface area contributed by atoms with Crippen LogP contribution in [0.15, 0.2) is 45.6 Å². The Morgan fingerprint density at radius 3 is 2.00 bits per heavy atom. The lowest BCUT2D eigenvalue weighted by Gasteiger charge is -2.25. The van der Waals surface area contributed by atoms with Gasteiger partial charge in [-0.2, -0.15) is 0 Å². The van der Waals surface area contributed by atoms with Crippen LogP contribution in [0.4, 0.5) is 0 Å². The van der Waals surface area contributed by atoms with Crippen molar-refractivity contribution < 1.29 is 13.6 Å². The van der Waals surface area contributed by atoms with Crippen molar-refractivity contribution >= 4 is 5.91 Å². The van der Waals surface area contributed by atoms with Crippen LogP contribution < -0.4 is 5.73 Å². The van der Waals surface area contributed by atoms with E-state index >= 15 is 0 Å². The maximum atomic E-state index is 12.4. The standard InChI is InChI=1S/C15H20N2O3/c1-15(2,16)9-14(18)17(10-12-5-3-7-19-12)11-13-6-4-8-20-13/h3-8H,9-11,16H2,1-2H3. The maximum Gasteiger partial charge on any atom is 0.225 e. The average molecular weight is 276 g/mol. The van der Waals surface area contributed by atoms with E-state index in [2.05, 4.69) is 0 Å². The average Bonchev–Trinajstić information content (AvgIpc) is 2.98. The molecule has 5 nitrogen and oxygen atoms in total. The molecule has 5 heteroatoms. The molecular formula is C15H20N2O3. The summed E-state index contributed by atoms with van der Waals surface area (Å²) in [5.41, 5.74) is 5.39. The third-order valence-corrected chi connectivity index (χ3v) is 2.81. The Morgan fingerprint density at radius 2 is 1.65 bits per heavy atom. The molecule has 0 aliphatic rings. The first kappa shape index (κ1) is 14.4. The summed E-state index contributed by atoms with van der Waals surface area (Å²) in [6.45, 7) is 4.48. The van der Waals surface area contributed by atoms with Crippen LogP contribution in [0.2, 0.25) is 0 Å². The monoisotopic (exact) mass is 276 g/mol. The molecule has 0 atom stereocenters. The van der Waals surface area contributed by atoms with Gasteiger partial charge in [-0.15, -0.1) is 0 Å². The highest BCUT2D eigenvalue weighted by Crippen LogP contribution is 2.15. The number of furan rings is 2. The number of nitrogens with two attached hydrogens (primary N) is 1. The van der Waals surface area contributed by atoms with Gasteiger partial charge in [0.1, 0.15) is 11.5 Å². The van der Waals surface area contributed by atoms with Gasteiger partial charge in [0.2, 0.25) is 5.91 Å². The van der Waals surface area contributed by atoms with Crippen LogP contribution in [0.3, 0.4) is 0 Å². The van der Waals surface area contributed by atoms with Crippen LogP contribution in [0.1, 0.15) is 31.8 Å². The maximum absolute atomic E-state index is 12.4. The molecule has 2 aromatic rings. The van der Waals surface area contributed by atoms with Crippen LogP contribution >= 0.6 is 0 Å². The summed E-state index contributed by atoms with van der Waals surface area (Å²) in [4.78, 5) is 14.1. The molecule has 2 rings (SSSR count). The lowest BCUT2D eigenvalue weighted by atomic mass is 10.0. The fourth-order valence-corrected chi connectivity index (χ4v) is 1.92. The molecule has 1 amide bonds. The number of hydrogen-bond donors (Lipinski definition) is 1. The van der Waals surface area contributed by atoms with E-state index in [9.17, 15) is 4.79 Å². The van der Waals surface area contributed by atoms with E-state index < -0.39 is 5.54 Å². The van der Waals surface area contributed by atoms with E-state index in [1.165, 1.54) is 0 Å². The Balaban J connectivity index is 2.08. The molecule has 0 saturated heterocycles. The van der Waals surface area contributed by atoms with Gasteiger partial charge < -0.3 is 19.5 Å². The molecule has 20 heavy (non-hydrogen) atoms. The molecule has 108 valence electrons. The van der Waals surface area contributed by atoms with E-state index in [0.717, 1.165) is 11.5 Å². The highest BCUT2D eigenvalue weighted by molar-refractivity contribution is 5.77. The van der Waals surface area contributed by atoms with Crippen molar-refractivity contribution in [1.29, 1.82) is 0 Å².